The molecule has 2 heterocycles. The molecule has 6 rings (SSSR count). The van der Waals surface area contributed by atoms with Crippen molar-refractivity contribution in [3.8, 4) is 0 Å². The summed E-state index contributed by atoms with van der Waals surface area (Å²) in [6.07, 6.45) is 10.7. The molecule has 4 nitrogen and oxygen atoms in total. The summed E-state index contributed by atoms with van der Waals surface area (Å²) < 4.78 is 44.1. The summed E-state index contributed by atoms with van der Waals surface area (Å²) in [7, 11) is -4.55. The van der Waals surface area contributed by atoms with Crippen LogP contribution in [-0.4, -0.2) is 28.8 Å². The van der Waals surface area contributed by atoms with Gasteiger partial charge in [-0.3, -0.25) is 0 Å². The van der Waals surface area contributed by atoms with E-state index in [0.717, 1.165) is 30.5 Å². The van der Waals surface area contributed by atoms with Crippen LogP contribution in [0.15, 0.2) is 145 Å². The molecule has 0 radical (unpaired) electrons. The molecular formula is C33H23ClO4Se2. The van der Waals surface area contributed by atoms with Gasteiger partial charge in [0.2, 0.25) is 0 Å². The third-order valence-corrected chi connectivity index (χ3v) is 14.0. The Bertz CT molecular complexity index is 1760. The van der Waals surface area contributed by atoms with Crippen molar-refractivity contribution in [1.82, 2.24) is 0 Å². The first-order valence-electron chi connectivity index (χ1n) is 12.5. The predicted molar refractivity (Wildman–Crippen MR) is 152 cm³/mol. The summed E-state index contributed by atoms with van der Waals surface area (Å²) in [4.78, 5) is 0. The van der Waals surface area contributed by atoms with Crippen LogP contribution in [0, 0.1) is 14.3 Å². The number of halogens is 1. The molecule has 4 aromatic carbocycles. The van der Waals surface area contributed by atoms with Crippen molar-refractivity contribution < 1.29 is 27.6 Å². The molecule has 4 aromatic rings. The van der Waals surface area contributed by atoms with Crippen molar-refractivity contribution in [1.29, 1.82) is 0 Å². The van der Waals surface area contributed by atoms with Crippen LogP contribution in [0.25, 0.3) is 14.5 Å². The Labute approximate surface area is 245 Å². The minimum absolute atomic E-state index is 0.167. The molecule has 0 saturated carbocycles. The fraction of sp³-hybridized carbons (Fsp3) is 0. The Morgan fingerprint density at radius 1 is 0.675 bits per heavy atom. The molecule has 2 aliphatic rings. The van der Waals surface area contributed by atoms with Crippen molar-refractivity contribution in [2.24, 2.45) is 0 Å². The molecule has 198 valence electrons. The van der Waals surface area contributed by atoms with Gasteiger partial charge < -0.3 is 0 Å². The first-order chi connectivity index (χ1) is 19.5. The number of allylic oxidation sites excluding steroid dienone is 6. The predicted octanol–water partition coefficient (Wildman–Crippen LogP) is 2.13. The van der Waals surface area contributed by atoms with E-state index in [2.05, 4.69) is 72.8 Å². The molecule has 0 spiro atoms. The van der Waals surface area contributed by atoms with Crippen molar-refractivity contribution in [2.75, 3.05) is 0 Å². The van der Waals surface area contributed by atoms with E-state index in [1.165, 1.54) is 20.1 Å². The Balaban J connectivity index is 1.47. The second-order valence-electron chi connectivity index (χ2n) is 8.99. The van der Waals surface area contributed by atoms with Crippen LogP contribution < -0.4 is 23.7 Å². The molecule has 0 N–H and O–H groups in total. The normalized spacial score (nSPS) is 16.7. The van der Waals surface area contributed by atoms with Crippen LogP contribution in [-0.2, 0) is 3.37 Å². The van der Waals surface area contributed by atoms with E-state index >= 15 is 0 Å². The number of benzene rings is 4. The van der Waals surface area contributed by atoms with Crippen LogP contribution in [0.3, 0.4) is 0 Å². The molecule has 0 amide bonds. The van der Waals surface area contributed by atoms with Crippen LogP contribution >= 0.6 is 0 Å². The minimum atomic E-state index is -4.55. The average molecular weight is 677 g/mol. The molecule has 40 heavy (non-hydrogen) atoms. The summed E-state index contributed by atoms with van der Waals surface area (Å²) in [5.41, 5.74) is 5.41. The summed E-state index contributed by atoms with van der Waals surface area (Å²) in [5.74, 6) is 0. The van der Waals surface area contributed by atoms with E-state index in [-0.39, 0.29) is 15.0 Å². The van der Waals surface area contributed by atoms with Gasteiger partial charge in [-0.25, -0.2) is 0 Å². The number of fused-ring (bicyclic) bond motifs is 2. The van der Waals surface area contributed by atoms with Crippen molar-refractivity contribution in [3.05, 3.63) is 171 Å². The number of hydrogen-bond acceptors (Lipinski definition) is 4. The zero-order valence-corrected chi connectivity index (χ0v) is 25.3. The topological polar surface area (TPSA) is 78.4 Å². The quantitative estimate of drug-likeness (QED) is 0.294. The zero-order valence-electron chi connectivity index (χ0n) is 21.1. The Morgan fingerprint density at radius 2 is 1.25 bits per heavy atom. The van der Waals surface area contributed by atoms with Gasteiger partial charge in [0, 0.05) is 0 Å². The third-order valence-electron chi connectivity index (χ3n) is 6.38. The average Bonchev–Trinajstić information content (AvgIpc) is 2.98. The maximum absolute atomic E-state index is 11.6. The molecule has 0 bridgehead atoms. The molecule has 0 fully saturated rings. The first-order valence-corrected chi connectivity index (χ1v) is 17.8. The molecule has 2 aliphatic heterocycles. The van der Waals surface area contributed by atoms with Gasteiger partial charge in [0.25, 0.3) is 0 Å². The second-order valence-corrected chi connectivity index (χ2v) is 15.9. The van der Waals surface area contributed by atoms with Crippen LogP contribution in [0.4, 0.5) is 0 Å². The van der Waals surface area contributed by atoms with E-state index in [9.17, 15) is 14.0 Å². The maximum atomic E-state index is 11.6. The van der Waals surface area contributed by atoms with Crippen LogP contribution in [0.2, 0.25) is 0 Å². The van der Waals surface area contributed by atoms with E-state index in [1.54, 1.807) is 0 Å². The van der Waals surface area contributed by atoms with Gasteiger partial charge in [0.1, 0.15) is 0 Å². The van der Waals surface area contributed by atoms with Crippen molar-refractivity contribution in [3.63, 3.8) is 0 Å². The molecule has 7 heteroatoms. The fourth-order valence-electron chi connectivity index (χ4n) is 4.65. The monoisotopic (exact) mass is 678 g/mol. The van der Waals surface area contributed by atoms with E-state index < -0.39 is 24.0 Å². The molecule has 1 atom stereocenters. The van der Waals surface area contributed by atoms with Gasteiger partial charge in [-0.15, -0.1) is 0 Å². The summed E-state index contributed by atoms with van der Waals surface area (Å²) in [6, 6.07) is 36.1. The number of rotatable bonds is 6. The first kappa shape index (κ1) is 27.1. The summed E-state index contributed by atoms with van der Waals surface area (Å²) in [5, 5.41) is 0.882. The van der Waals surface area contributed by atoms with E-state index in [0.29, 0.717) is 0 Å². The third kappa shape index (κ3) is 5.97. The van der Waals surface area contributed by atoms with E-state index in [1.807, 2.05) is 66.7 Å². The van der Waals surface area contributed by atoms with Gasteiger partial charge >= 0.3 is 246 Å². The van der Waals surface area contributed by atoms with Crippen LogP contribution in [0.5, 0.6) is 0 Å². The molecule has 0 aromatic heterocycles. The Morgan fingerprint density at radius 3 is 1.90 bits per heavy atom. The van der Waals surface area contributed by atoms with Crippen molar-refractivity contribution >= 4 is 47.7 Å². The number of hydrogen-bond donors (Lipinski definition) is 0. The van der Waals surface area contributed by atoms with Gasteiger partial charge in [0.05, 0.1) is 0 Å². The Kier molecular flexibility index (Phi) is 7.97. The standard InChI is InChI=1S/C33H23ClO4Se2/c35-34(36,37)38-40-32-20-9-7-17-28(32)27(29-18-8-10-21-33(29)40)19-11-12-24-22-30(25-13-3-1-4-14-25)39-31(23-24)26-15-5-2-6-16-26/h1-23H/b19-11+. The summed E-state index contributed by atoms with van der Waals surface area (Å²) in [6.45, 7) is 0. The molecule has 0 saturated heterocycles. The van der Waals surface area contributed by atoms with Gasteiger partial charge in [-0.05, 0) is 0 Å². The second kappa shape index (κ2) is 11.8. The van der Waals surface area contributed by atoms with Gasteiger partial charge in [-0.1, -0.05) is 0 Å². The SMILES string of the molecule is [O-][Cl+3]([O-])([O-])O[Se]1=c2ccccc2=C(/C=C/C=C2C=C(c3ccccc3)[Se]C(c3ccccc3)=C2)c2ccccc21. The zero-order chi connectivity index (χ0) is 27.5. The summed E-state index contributed by atoms with van der Waals surface area (Å²) >= 11 is -2.39. The fourth-order valence-corrected chi connectivity index (χ4v) is 12.1. The molecule has 1 unspecified atom stereocenters. The molecule has 0 aliphatic carbocycles. The molecular weight excluding hydrogens is 654 g/mol. The van der Waals surface area contributed by atoms with E-state index in [4.69, 9.17) is 3.37 Å². The van der Waals surface area contributed by atoms with Gasteiger partial charge in [-0.2, -0.15) is 0 Å². The van der Waals surface area contributed by atoms with Gasteiger partial charge in [0.15, 0.2) is 0 Å². The Hall–Kier alpha value is -3.12. The van der Waals surface area contributed by atoms with Crippen LogP contribution in [0.1, 0.15) is 16.7 Å². The van der Waals surface area contributed by atoms with Crippen molar-refractivity contribution in [2.45, 2.75) is 0 Å².